The van der Waals surface area contributed by atoms with E-state index in [4.69, 9.17) is 4.74 Å². The smallest absolute Gasteiger partial charge is 0.163 e. The molecule has 0 fully saturated rings. The summed E-state index contributed by atoms with van der Waals surface area (Å²) < 4.78 is 5.30. The Morgan fingerprint density at radius 1 is 1.14 bits per heavy atom. The van der Waals surface area contributed by atoms with Crippen LogP contribution in [-0.2, 0) is 11.2 Å². The second-order valence-corrected chi connectivity index (χ2v) is 8.20. The lowest BCUT2D eigenvalue weighted by Crippen LogP contribution is -2.28. The van der Waals surface area contributed by atoms with Crippen molar-refractivity contribution in [2.45, 2.75) is 52.4 Å². The zero-order valence-corrected chi connectivity index (χ0v) is 17.0. The van der Waals surface area contributed by atoms with Crippen LogP contribution in [0.3, 0.4) is 0 Å². The summed E-state index contributed by atoms with van der Waals surface area (Å²) in [5.41, 5.74) is 6.38. The van der Waals surface area contributed by atoms with Crippen molar-refractivity contribution in [2.75, 3.05) is 7.11 Å². The van der Waals surface area contributed by atoms with Gasteiger partial charge in [-0.15, -0.1) is 0 Å². The van der Waals surface area contributed by atoms with Crippen molar-refractivity contribution >= 4 is 16.9 Å². The maximum Gasteiger partial charge on any atom is 0.163 e. The van der Waals surface area contributed by atoms with Gasteiger partial charge in [0.2, 0.25) is 0 Å². The number of ketones is 1. The summed E-state index contributed by atoms with van der Waals surface area (Å²) in [6.07, 6.45) is 5.78. The molecule has 0 saturated carbocycles. The van der Waals surface area contributed by atoms with E-state index in [1.54, 1.807) is 13.2 Å². The van der Waals surface area contributed by atoms with Crippen LogP contribution in [-0.4, -0.2) is 18.0 Å². The minimum atomic E-state index is 0.0000672. The Balaban J connectivity index is 1.97. The van der Waals surface area contributed by atoms with Crippen molar-refractivity contribution in [3.8, 4) is 11.5 Å². The third-order valence-corrected chi connectivity index (χ3v) is 6.63. The molecule has 2 aliphatic carbocycles. The van der Waals surface area contributed by atoms with Gasteiger partial charge in [0, 0.05) is 17.4 Å². The summed E-state index contributed by atoms with van der Waals surface area (Å²) >= 11 is 0. The first kappa shape index (κ1) is 18.8. The summed E-state index contributed by atoms with van der Waals surface area (Å²) in [7, 11) is 1.65. The molecule has 2 aromatic rings. The van der Waals surface area contributed by atoms with Crippen molar-refractivity contribution in [2.24, 2.45) is 5.41 Å². The SMILES string of the molecule is CCCCC12CCC(=O)C(c3ccc(OC)cc3)=C1c1ccc(O)c(C)c1C2. The second-order valence-electron chi connectivity index (χ2n) is 8.20. The van der Waals surface area contributed by atoms with Crippen molar-refractivity contribution < 1.29 is 14.6 Å². The van der Waals surface area contributed by atoms with E-state index < -0.39 is 0 Å². The topological polar surface area (TPSA) is 46.5 Å². The van der Waals surface area contributed by atoms with E-state index in [9.17, 15) is 9.90 Å². The molecule has 0 aromatic heterocycles. The van der Waals surface area contributed by atoms with Gasteiger partial charge in [0.15, 0.2) is 5.78 Å². The van der Waals surface area contributed by atoms with Gasteiger partial charge in [0.1, 0.15) is 11.5 Å². The zero-order valence-electron chi connectivity index (χ0n) is 17.0. The van der Waals surface area contributed by atoms with E-state index in [-0.39, 0.29) is 11.2 Å². The molecule has 1 atom stereocenters. The summed E-state index contributed by atoms with van der Waals surface area (Å²) in [4.78, 5) is 13.1. The molecule has 0 spiro atoms. The number of aromatic hydroxyl groups is 1. The molecule has 4 rings (SSSR count). The van der Waals surface area contributed by atoms with Crippen LogP contribution in [0.4, 0.5) is 0 Å². The van der Waals surface area contributed by atoms with Gasteiger partial charge in [-0.3, -0.25) is 4.79 Å². The normalized spacial score (nSPS) is 20.9. The molecule has 0 radical (unpaired) electrons. The summed E-state index contributed by atoms with van der Waals surface area (Å²) in [6, 6.07) is 11.7. The van der Waals surface area contributed by atoms with Gasteiger partial charge in [0.05, 0.1) is 7.11 Å². The van der Waals surface area contributed by atoms with E-state index in [1.165, 1.54) is 11.1 Å². The maximum absolute atomic E-state index is 13.1. The quantitative estimate of drug-likeness (QED) is 0.726. The molecule has 2 aliphatic rings. The highest BCUT2D eigenvalue weighted by Crippen LogP contribution is 2.59. The second kappa shape index (κ2) is 7.12. The molecule has 3 heteroatoms. The molecule has 1 N–H and O–H groups in total. The lowest BCUT2D eigenvalue weighted by molar-refractivity contribution is -0.114. The van der Waals surface area contributed by atoms with Crippen LogP contribution >= 0.6 is 0 Å². The van der Waals surface area contributed by atoms with E-state index in [0.717, 1.165) is 60.1 Å². The Kier molecular flexibility index (Phi) is 4.78. The average molecular weight is 376 g/mol. The zero-order chi connectivity index (χ0) is 19.9. The van der Waals surface area contributed by atoms with Crippen molar-refractivity contribution in [3.05, 3.63) is 58.7 Å². The first-order valence-corrected chi connectivity index (χ1v) is 10.2. The minimum Gasteiger partial charge on any atom is -0.508 e. The fraction of sp³-hybridized carbons (Fsp3) is 0.400. The van der Waals surface area contributed by atoms with Crippen LogP contribution in [0.5, 0.6) is 11.5 Å². The maximum atomic E-state index is 13.1. The third kappa shape index (κ3) is 2.85. The first-order valence-electron chi connectivity index (χ1n) is 10.2. The summed E-state index contributed by atoms with van der Waals surface area (Å²) in [5, 5.41) is 10.3. The van der Waals surface area contributed by atoms with Crippen LogP contribution in [0.2, 0.25) is 0 Å². The number of unbranched alkanes of at least 4 members (excludes halogenated alkanes) is 1. The molecule has 1 unspecified atom stereocenters. The van der Waals surface area contributed by atoms with Gasteiger partial charge < -0.3 is 9.84 Å². The van der Waals surface area contributed by atoms with Crippen LogP contribution < -0.4 is 4.74 Å². The largest absolute Gasteiger partial charge is 0.508 e. The molecule has 0 bridgehead atoms. The number of phenols is 1. The van der Waals surface area contributed by atoms with Crippen LogP contribution in [0.15, 0.2) is 36.4 Å². The Morgan fingerprint density at radius 2 is 1.89 bits per heavy atom. The molecule has 3 nitrogen and oxygen atoms in total. The third-order valence-electron chi connectivity index (χ3n) is 6.63. The monoisotopic (exact) mass is 376 g/mol. The number of methoxy groups -OCH3 is 1. The molecular weight excluding hydrogens is 348 g/mol. The predicted octanol–water partition coefficient (Wildman–Crippen LogP) is 5.72. The highest BCUT2D eigenvalue weighted by molar-refractivity contribution is 6.30. The summed E-state index contributed by atoms with van der Waals surface area (Å²) in [6.45, 7) is 4.21. The number of phenolic OH excluding ortho intramolecular Hbond substituents is 1. The van der Waals surface area contributed by atoms with Crippen LogP contribution in [0.1, 0.15) is 61.3 Å². The fourth-order valence-corrected chi connectivity index (χ4v) is 5.07. The van der Waals surface area contributed by atoms with E-state index in [0.29, 0.717) is 12.2 Å². The lowest BCUT2D eigenvalue weighted by atomic mass is 9.66. The Hall–Kier alpha value is -2.55. The molecule has 0 amide bonds. The molecule has 0 saturated heterocycles. The molecule has 0 heterocycles. The first-order chi connectivity index (χ1) is 13.5. The molecule has 0 aliphatic heterocycles. The Bertz CT molecular complexity index is 953. The Morgan fingerprint density at radius 3 is 2.57 bits per heavy atom. The van der Waals surface area contributed by atoms with E-state index in [2.05, 4.69) is 6.92 Å². The van der Waals surface area contributed by atoms with Crippen LogP contribution in [0, 0.1) is 12.3 Å². The van der Waals surface area contributed by atoms with Gasteiger partial charge in [0.25, 0.3) is 0 Å². The van der Waals surface area contributed by atoms with Crippen molar-refractivity contribution in [1.82, 2.24) is 0 Å². The van der Waals surface area contributed by atoms with Crippen molar-refractivity contribution in [3.63, 3.8) is 0 Å². The number of ether oxygens (including phenoxy) is 1. The molecule has 28 heavy (non-hydrogen) atoms. The molecule has 2 aromatic carbocycles. The number of fused-ring (bicyclic) bond motifs is 3. The highest BCUT2D eigenvalue weighted by atomic mass is 16.5. The lowest BCUT2D eigenvalue weighted by Gasteiger charge is -2.36. The number of carbonyl (C=O) groups excluding carboxylic acids is 1. The van der Waals surface area contributed by atoms with Gasteiger partial charge >= 0.3 is 0 Å². The number of benzene rings is 2. The summed E-state index contributed by atoms with van der Waals surface area (Å²) in [5.74, 6) is 1.37. The van der Waals surface area contributed by atoms with Crippen molar-refractivity contribution in [1.29, 1.82) is 0 Å². The average Bonchev–Trinajstić information content (AvgIpc) is 3.05. The number of carbonyl (C=O) groups is 1. The molecular formula is C25H28O3. The number of rotatable bonds is 5. The number of hydrogen-bond acceptors (Lipinski definition) is 3. The van der Waals surface area contributed by atoms with Gasteiger partial charge in [-0.2, -0.15) is 0 Å². The van der Waals surface area contributed by atoms with Crippen LogP contribution in [0.25, 0.3) is 11.1 Å². The van der Waals surface area contributed by atoms with Gasteiger partial charge in [-0.25, -0.2) is 0 Å². The van der Waals surface area contributed by atoms with E-state index in [1.807, 2.05) is 37.3 Å². The number of hydrogen-bond donors (Lipinski definition) is 1. The highest BCUT2D eigenvalue weighted by Gasteiger charge is 2.47. The van der Waals surface area contributed by atoms with Gasteiger partial charge in [-0.05, 0) is 72.2 Å². The number of Topliss-reactive ketones (excluding diaryl/α,β-unsaturated/α-hetero) is 1. The fourth-order valence-electron chi connectivity index (χ4n) is 5.07. The predicted molar refractivity (Wildman–Crippen MR) is 113 cm³/mol. The van der Waals surface area contributed by atoms with Gasteiger partial charge in [-0.1, -0.05) is 38.0 Å². The van der Waals surface area contributed by atoms with E-state index >= 15 is 0 Å². The molecule has 146 valence electrons. The number of allylic oxidation sites excluding steroid dienone is 2. The minimum absolute atomic E-state index is 0.0000672. The Labute approximate surface area is 167 Å². The standard InChI is InChI=1S/C25H28O3/c1-4-5-13-25-14-12-22(27)23(17-6-8-18(28-3)9-7-17)24(25)19-10-11-21(26)16(2)20(19)15-25/h6-11,26H,4-5,12-15H2,1-3H3.